The summed E-state index contributed by atoms with van der Waals surface area (Å²) in [6.07, 6.45) is -1.05. The summed E-state index contributed by atoms with van der Waals surface area (Å²) < 4.78 is 13.6. The first-order valence-electron chi connectivity index (χ1n) is 7.36. The van der Waals surface area contributed by atoms with E-state index in [1.165, 1.54) is 0 Å². The van der Waals surface area contributed by atoms with Gasteiger partial charge in [-0.15, -0.1) is 0 Å². The normalized spacial score (nSPS) is 19.4. The summed E-state index contributed by atoms with van der Waals surface area (Å²) >= 11 is 5.94. The van der Waals surface area contributed by atoms with Crippen LogP contribution in [0.5, 0.6) is 0 Å². The van der Waals surface area contributed by atoms with Crippen LogP contribution in [0.25, 0.3) is 11.1 Å². The van der Waals surface area contributed by atoms with Gasteiger partial charge in [-0.1, -0.05) is 48.0 Å². The van der Waals surface area contributed by atoms with E-state index < -0.39 is 6.17 Å². The number of ketones is 1. The molecule has 1 saturated heterocycles. The lowest BCUT2D eigenvalue weighted by Gasteiger charge is -2.28. The van der Waals surface area contributed by atoms with Crippen LogP contribution in [0.1, 0.15) is 12.0 Å². The van der Waals surface area contributed by atoms with Gasteiger partial charge in [0.1, 0.15) is 0 Å². The number of hydrogen-bond acceptors (Lipinski definition) is 2. The molecule has 1 aliphatic heterocycles. The Kier molecular flexibility index (Phi) is 4.55. The van der Waals surface area contributed by atoms with E-state index in [9.17, 15) is 9.18 Å². The zero-order valence-corrected chi connectivity index (χ0v) is 12.9. The molecule has 2 nitrogen and oxygen atoms in total. The fourth-order valence-corrected chi connectivity index (χ4v) is 2.92. The first kappa shape index (κ1) is 15.2. The van der Waals surface area contributed by atoms with E-state index in [2.05, 4.69) is 6.07 Å². The van der Waals surface area contributed by atoms with Gasteiger partial charge in [-0.05, 0) is 28.8 Å². The van der Waals surface area contributed by atoms with Gasteiger partial charge in [0, 0.05) is 31.1 Å². The number of alkyl halides is 1. The average Bonchev–Trinajstić information content (AvgIpc) is 2.52. The molecule has 0 radical (unpaired) electrons. The third-order valence-corrected chi connectivity index (χ3v) is 4.26. The molecule has 0 spiro atoms. The van der Waals surface area contributed by atoms with Crippen molar-refractivity contribution < 1.29 is 9.18 Å². The minimum atomic E-state index is -1.35. The summed E-state index contributed by atoms with van der Waals surface area (Å²) in [5, 5.41) is 0.705. The number of likely N-dealkylation sites (tertiary alicyclic amines) is 1. The van der Waals surface area contributed by atoms with Crippen LogP contribution in [0, 0.1) is 0 Å². The molecule has 114 valence electrons. The minimum absolute atomic E-state index is 0.188. The van der Waals surface area contributed by atoms with Crippen molar-refractivity contribution in [2.45, 2.75) is 19.1 Å². The molecule has 1 heterocycles. The molecular formula is C18H17ClFNO. The van der Waals surface area contributed by atoms with Gasteiger partial charge in [-0.3, -0.25) is 9.69 Å². The second kappa shape index (κ2) is 6.59. The highest BCUT2D eigenvalue weighted by Gasteiger charge is 2.26. The number of benzene rings is 2. The Bertz CT molecular complexity index is 671. The Balaban J connectivity index is 1.82. The molecule has 2 aromatic rings. The van der Waals surface area contributed by atoms with Gasteiger partial charge in [0.15, 0.2) is 12.0 Å². The smallest absolute Gasteiger partial charge is 0.171 e. The van der Waals surface area contributed by atoms with E-state index in [4.69, 9.17) is 11.6 Å². The highest BCUT2D eigenvalue weighted by molar-refractivity contribution is 6.30. The number of Topliss-reactive ketones (excluding diaryl/α,β-unsaturated/α-hetero) is 1. The number of rotatable bonds is 3. The number of piperidine rings is 1. The Morgan fingerprint density at radius 1 is 1.14 bits per heavy atom. The predicted molar refractivity (Wildman–Crippen MR) is 86.7 cm³/mol. The van der Waals surface area contributed by atoms with Crippen molar-refractivity contribution in [1.29, 1.82) is 0 Å². The summed E-state index contributed by atoms with van der Waals surface area (Å²) in [7, 11) is 0. The molecule has 0 saturated carbocycles. The Labute approximate surface area is 134 Å². The molecule has 0 bridgehead atoms. The summed E-state index contributed by atoms with van der Waals surface area (Å²) in [5.74, 6) is -0.276. The molecule has 0 amide bonds. The first-order chi connectivity index (χ1) is 10.6. The molecule has 3 rings (SSSR count). The second-order valence-electron chi connectivity index (χ2n) is 5.58. The molecule has 1 aliphatic rings. The Morgan fingerprint density at radius 2 is 1.86 bits per heavy atom. The van der Waals surface area contributed by atoms with Crippen LogP contribution >= 0.6 is 11.6 Å². The fraction of sp³-hybridized carbons (Fsp3) is 0.278. The molecule has 22 heavy (non-hydrogen) atoms. The maximum absolute atomic E-state index is 13.6. The van der Waals surface area contributed by atoms with Crippen molar-refractivity contribution >= 4 is 17.4 Å². The lowest BCUT2D eigenvalue weighted by molar-refractivity contribution is -0.127. The maximum Gasteiger partial charge on any atom is 0.171 e. The molecule has 0 aliphatic carbocycles. The van der Waals surface area contributed by atoms with E-state index in [-0.39, 0.29) is 12.3 Å². The SMILES string of the molecule is O=C1CCN(Cc2ccccc2-c2ccc(Cl)cc2)C[C@H]1F. The lowest BCUT2D eigenvalue weighted by atomic mass is 9.98. The molecule has 0 aromatic heterocycles. The number of nitrogens with zero attached hydrogens (tertiary/aromatic N) is 1. The van der Waals surface area contributed by atoms with Crippen molar-refractivity contribution in [2.24, 2.45) is 0 Å². The zero-order chi connectivity index (χ0) is 15.5. The zero-order valence-electron chi connectivity index (χ0n) is 12.1. The largest absolute Gasteiger partial charge is 0.296 e. The van der Waals surface area contributed by atoms with Crippen molar-refractivity contribution in [1.82, 2.24) is 4.90 Å². The van der Waals surface area contributed by atoms with Crippen molar-refractivity contribution in [3.8, 4) is 11.1 Å². The second-order valence-corrected chi connectivity index (χ2v) is 6.02. The van der Waals surface area contributed by atoms with Crippen LogP contribution in [0.3, 0.4) is 0 Å². The molecule has 1 atom stereocenters. The summed E-state index contributed by atoms with van der Waals surface area (Å²) in [4.78, 5) is 13.3. The van der Waals surface area contributed by atoms with Gasteiger partial charge >= 0.3 is 0 Å². The van der Waals surface area contributed by atoms with Crippen LogP contribution in [0.4, 0.5) is 4.39 Å². The topological polar surface area (TPSA) is 20.3 Å². The number of carbonyl (C=O) groups is 1. The van der Waals surface area contributed by atoms with Gasteiger partial charge in [0.05, 0.1) is 0 Å². The molecule has 1 fully saturated rings. The van der Waals surface area contributed by atoms with Crippen molar-refractivity contribution in [2.75, 3.05) is 13.1 Å². The Morgan fingerprint density at radius 3 is 2.59 bits per heavy atom. The van der Waals surface area contributed by atoms with Gasteiger partial charge in [-0.25, -0.2) is 4.39 Å². The number of halogens is 2. The van der Waals surface area contributed by atoms with Crippen LogP contribution in [-0.2, 0) is 11.3 Å². The molecule has 2 aromatic carbocycles. The standard InChI is InChI=1S/C18H17ClFNO/c19-15-7-5-13(6-8-15)16-4-2-1-3-14(16)11-21-10-9-18(22)17(20)12-21/h1-8,17H,9-12H2/t17-/m1/s1. The minimum Gasteiger partial charge on any atom is -0.296 e. The summed E-state index contributed by atoms with van der Waals surface area (Å²) in [6, 6.07) is 15.8. The molecule has 0 N–H and O–H groups in total. The summed E-state index contributed by atoms with van der Waals surface area (Å²) in [5.41, 5.74) is 3.34. The molecule has 4 heteroatoms. The van der Waals surface area contributed by atoms with Crippen LogP contribution < -0.4 is 0 Å². The lowest BCUT2D eigenvalue weighted by Crippen LogP contribution is -2.41. The van der Waals surface area contributed by atoms with E-state index in [1.807, 2.05) is 47.4 Å². The van der Waals surface area contributed by atoms with Crippen molar-refractivity contribution in [3.05, 3.63) is 59.1 Å². The third-order valence-electron chi connectivity index (χ3n) is 4.01. The fourth-order valence-electron chi connectivity index (χ4n) is 2.80. The number of hydrogen-bond donors (Lipinski definition) is 0. The quantitative estimate of drug-likeness (QED) is 0.848. The highest BCUT2D eigenvalue weighted by atomic mass is 35.5. The average molecular weight is 318 g/mol. The van der Waals surface area contributed by atoms with Gasteiger partial charge in [0.2, 0.25) is 0 Å². The van der Waals surface area contributed by atoms with Gasteiger partial charge in [-0.2, -0.15) is 0 Å². The monoisotopic (exact) mass is 317 g/mol. The Hall–Kier alpha value is -1.71. The van der Waals surface area contributed by atoms with Crippen LogP contribution in [0.2, 0.25) is 5.02 Å². The van der Waals surface area contributed by atoms with E-state index >= 15 is 0 Å². The van der Waals surface area contributed by atoms with E-state index in [0.717, 1.165) is 16.7 Å². The third kappa shape index (κ3) is 3.37. The predicted octanol–water partition coefficient (Wildman–Crippen LogP) is 4.12. The first-order valence-corrected chi connectivity index (χ1v) is 7.74. The van der Waals surface area contributed by atoms with Crippen LogP contribution in [-0.4, -0.2) is 29.9 Å². The van der Waals surface area contributed by atoms with Gasteiger partial charge in [0.25, 0.3) is 0 Å². The maximum atomic E-state index is 13.6. The highest BCUT2D eigenvalue weighted by Crippen LogP contribution is 2.27. The van der Waals surface area contributed by atoms with Gasteiger partial charge < -0.3 is 0 Å². The number of carbonyl (C=O) groups excluding carboxylic acids is 1. The van der Waals surface area contributed by atoms with E-state index in [1.54, 1.807) is 0 Å². The summed E-state index contributed by atoms with van der Waals surface area (Å²) in [6.45, 7) is 1.45. The van der Waals surface area contributed by atoms with E-state index in [0.29, 0.717) is 24.5 Å². The molecule has 0 unspecified atom stereocenters. The molecular weight excluding hydrogens is 301 g/mol. The van der Waals surface area contributed by atoms with Crippen LogP contribution in [0.15, 0.2) is 48.5 Å². The van der Waals surface area contributed by atoms with Crippen molar-refractivity contribution in [3.63, 3.8) is 0 Å².